The van der Waals surface area contributed by atoms with E-state index in [1.807, 2.05) is 0 Å². The van der Waals surface area contributed by atoms with Gasteiger partial charge in [-0.25, -0.2) is 0 Å². The molecule has 2 aliphatic rings. The lowest BCUT2D eigenvalue weighted by molar-refractivity contribution is -0.108. The quantitative estimate of drug-likeness (QED) is 0.191. The summed E-state index contributed by atoms with van der Waals surface area (Å²) in [6.45, 7) is 25.8. The maximum atomic E-state index is 11.2. The second-order valence-corrected chi connectivity index (χ2v) is 15.3. The normalized spacial score (nSPS) is 25.5. The monoisotopic (exact) mass is 505 g/mol. The molecule has 0 radical (unpaired) electrons. The van der Waals surface area contributed by atoms with E-state index in [0.29, 0.717) is 12.5 Å². The first-order chi connectivity index (χ1) is 16.6. The zero-order chi connectivity index (χ0) is 27.2. The zero-order valence-electron chi connectivity index (χ0n) is 25.9. The summed E-state index contributed by atoms with van der Waals surface area (Å²) >= 11 is 0. The molecule has 2 saturated heterocycles. The third kappa shape index (κ3) is 10.4. The predicted octanol–water partition coefficient (Wildman–Crippen LogP) is 7.36. The Kier molecular flexibility index (Phi) is 11.5. The molecular weight excluding hydrogens is 442 g/mol. The van der Waals surface area contributed by atoms with E-state index in [4.69, 9.17) is 0 Å². The number of nitrogens with zero attached hydrogens (tertiary/aromatic N) is 1. The molecule has 2 atom stereocenters. The lowest BCUT2D eigenvalue weighted by Crippen LogP contribution is -2.62. The SMILES string of the molecule is CCC(C)C(CCCCCCN(CCC=O)C1CC(C)(C)NC(C)(C)C1)C1CC(C)(C)NC(C)(C)C1. The van der Waals surface area contributed by atoms with Crippen LogP contribution in [0.15, 0.2) is 0 Å². The van der Waals surface area contributed by atoms with Crippen molar-refractivity contribution in [3.63, 3.8) is 0 Å². The van der Waals surface area contributed by atoms with Gasteiger partial charge in [-0.1, -0.05) is 39.5 Å². The number of carbonyl (C=O) groups excluding carboxylic acids is 1. The molecule has 4 nitrogen and oxygen atoms in total. The van der Waals surface area contributed by atoms with Crippen LogP contribution in [0.25, 0.3) is 0 Å². The number of aldehydes is 1. The molecule has 36 heavy (non-hydrogen) atoms. The van der Waals surface area contributed by atoms with Crippen molar-refractivity contribution in [1.82, 2.24) is 15.5 Å². The Balaban J connectivity index is 1.86. The number of carbonyl (C=O) groups is 1. The zero-order valence-corrected chi connectivity index (χ0v) is 25.9. The summed E-state index contributed by atoms with van der Waals surface area (Å²) < 4.78 is 0. The van der Waals surface area contributed by atoms with Gasteiger partial charge in [-0.2, -0.15) is 0 Å². The molecule has 2 N–H and O–H groups in total. The van der Waals surface area contributed by atoms with Gasteiger partial charge in [-0.05, 0) is 118 Å². The molecule has 2 unspecified atom stereocenters. The Hall–Kier alpha value is -0.450. The Morgan fingerprint density at radius 2 is 1.28 bits per heavy atom. The number of hydrogen-bond donors (Lipinski definition) is 2. The molecule has 0 aromatic rings. The molecule has 2 aliphatic heterocycles. The van der Waals surface area contributed by atoms with Crippen LogP contribution in [0.4, 0.5) is 0 Å². The van der Waals surface area contributed by atoms with Gasteiger partial charge in [0.05, 0.1) is 0 Å². The van der Waals surface area contributed by atoms with Gasteiger partial charge < -0.3 is 15.4 Å². The Morgan fingerprint density at radius 1 is 0.778 bits per heavy atom. The smallest absolute Gasteiger partial charge is 0.121 e. The van der Waals surface area contributed by atoms with E-state index in [0.717, 1.165) is 50.0 Å². The van der Waals surface area contributed by atoms with E-state index in [1.165, 1.54) is 51.4 Å². The Bertz CT molecular complexity index is 636. The van der Waals surface area contributed by atoms with E-state index < -0.39 is 0 Å². The molecule has 0 aromatic heterocycles. The van der Waals surface area contributed by atoms with Crippen LogP contribution in [0.2, 0.25) is 0 Å². The molecule has 0 aliphatic carbocycles. The fraction of sp³-hybridized carbons (Fsp3) is 0.969. The van der Waals surface area contributed by atoms with Crippen molar-refractivity contribution in [2.75, 3.05) is 13.1 Å². The van der Waals surface area contributed by atoms with Gasteiger partial charge in [0.25, 0.3) is 0 Å². The highest BCUT2D eigenvalue weighted by molar-refractivity contribution is 5.49. The Labute approximate surface area is 225 Å². The number of rotatable bonds is 14. The van der Waals surface area contributed by atoms with Crippen LogP contribution in [0.3, 0.4) is 0 Å². The van der Waals surface area contributed by atoms with Crippen LogP contribution in [-0.4, -0.2) is 52.5 Å². The fourth-order valence-corrected chi connectivity index (χ4v) is 8.26. The second-order valence-electron chi connectivity index (χ2n) is 15.3. The van der Waals surface area contributed by atoms with Gasteiger partial charge in [0.15, 0.2) is 0 Å². The molecule has 0 spiro atoms. The van der Waals surface area contributed by atoms with Gasteiger partial charge >= 0.3 is 0 Å². The lowest BCUT2D eigenvalue weighted by atomic mass is 9.66. The molecule has 0 bridgehead atoms. The van der Waals surface area contributed by atoms with Crippen molar-refractivity contribution in [3.05, 3.63) is 0 Å². The van der Waals surface area contributed by atoms with Crippen molar-refractivity contribution in [1.29, 1.82) is 0 Å². The molecule has 0 saturated carbocycles. The van der Waals surface area contributed by atoms with Crippen LogP contribution in [0.1, 0.15) is 140 Å². The van der Waals surface area contributed by atoms with Crippen LogP contribution >= 0.6 is 0 Å². The van der Waals surface area contributed by atoms with Crippen molar-refractivity contribution in [3.8, 4) is 0 Å². The van der Waals surface area contributed by atoms with Crippen molar-refractivity contribution >= 4 is 6.29 Å². The van der Waals surface area contributed by atoms with Crippen molar-refractivity contribution < 1.29 is 4.79 Å². The lowest BCUT2D eigenvalue weighted by Gasteiger charge is -2.50. The summed E-state index contributed by atoms with van der Waals surface area (Å²) in [5.41, 5.74) is 0.769. The summed E-state index contributed by atoms with van der Waals surface area (Å²) in [4.78, 5) is 13.8. The predicted molar refractivity (Wildman–Crippen MR) is 157 cm³/mol. The maximum absolute atomic E-state index is 11.2. The summed E-state index contributed by atoms with van der Waals surface area (Å²) in [5, 5.41) is 7.71. The number of hydrogen-bond acceptors (Lipinski definition) is 4. The van der Waals surface area contributed by atoms with E-state index in [1.54, 1.807) is 0 Å². The maximum Gasteiger partial charge on any atom is 0.121 e. The first-order valence-corrected chi connectivity index (χ1v) is 15.3. The van der Waals surface area contributed by atoms with Crippen molar-refractivity contribution in [2.24, 2.45) is 17.8 Å². The molecule has 4 heteroatoms. The average molecular weight is 506 g/mol. The minimum absolute atomic E-state index is 0.147. The second kappa shape index (κ2) is 13.1. The summed E-state index contributed by atoms with van der Waals surface area (Å²) in [6.07, 6.45) is 14.6. The van der Waals surface area contributed by atoms with Crippen LogP contribution in [0, 0.1) is 17.8 Å². The van der Waals surface area contributed by atoms with Gasteiger partial charge in [0.2, 0.25) is 0 Å². The third-order valence-corrected chi connectivity index (χ3v) is 9.15. The van der Waals surface area contributed by atoms with E-state index in [9.17, 15) is 4.79 Å². The summed E-state index contributed by atoms with van der Waals surface area (Å²) in [7, 11) is 0. The number of piperidine rings is 2. The minimum atomic E-state index is 0.147. The first kappa shape index (κ1) is 31.8. The average Bonchev–Trinajstić information content (AvgIpc) is 2.70. The van der Waals surface area contributed by atoms with Gasteiger partial charge in [-0.3, -0.25) is 4.90 Å². The molecule has 0 aromatic carbocycles. The van der Waals surface area contributed by atoms with E-state index in [-0.39, 0.29) is 22.2 Å². The fourth-order valence-electron chi connectivity index (χ4n) is 8.26. The molecule has 2 fully saturated rings. The molecule has 2 rings (SSSR count). The molecular formula is C32H63N3O. The van der Waals surface area contributed by atoms with E-state index >= 15 is 0 Å². The van der Waals surface area contributed by atoms with Crippen LogP contribution in [-0.2, 0) is 4.79 Å². The largest absolute Gasteiger partial charge is 0.307 e. The van der Waals surface area contributed by atoms with Gasteiger partial charge in [-0.15, -0.1) is 0 Å². The highest BCUT2D eigenvalue weighted by Crippen LogP contribution is 2.42. The minimum Gasteiger partial charge on any atom is -0.307 e. The summed E-state index contributed by atoms with van der Waals surface area (Å²) in [6, 6.07) is 0.567. The molecule has 212 valence electrons. The van der Waals surface area contributed by atoms with Gasteiger partial charge in [0.1, 0.15) is 6.29 Å². The molecule has 0 amide bonds. The number of nitrogens with one attached hydrogen (secondary N) is 2. The van der Waals surface area contributed by atoms with Crippen LogP contribution in [0.5, 0.6) is 0 Å². The standard InChI is InChI=1S/C32H63N3O/c1-11-25(2)28(26-21-29(3,4)33-30(5,6)22-26)17-14-12-13-15-18-35(19-16-20-36)27-23-31(7,8)34-32(9,10)24-27/h20,25-28,33-34H,11-19,21-24H2,1-10H3. The molecule has 2 heterocycles. The highest BCUT2D eigenvalue weighted by atomic mass is 16.1. The first-order valence-electron chi connectivity index (χ1n) is 15.3. The van der Waals surface area contributed by atoms with Gasteiger partial charge in [0, 0.05) is 41.2 Å². The van der Waals surface area contributed by atoms with Crippen LogP contribution < -0.4 is 10.6 Å². The number of unbranched alkanes of at least 4 members (excludes halogenated alkanes) is 3. The topological polar surface area (TPSA) is 44.4 Å². The highest BCUT2D eigenvalue weighted by Gasteiger charge is 2.42. The summed E-state index contributed by atoms with van der Waals surface area (Å²) in [5.74, 6) is 2.49. The van der Waals surface area contributed by atoms with E-state index in [2.05, 4.69) is 84.8 Å². The van der Waals surface area contributed by atoms with Crippen molar-refractivity contribution in [2.45, 2.75) is 168 Å². The third-order valence-electron chi connectivity index (χ3n) is 9.15. The Morgan fingerprint density at radius 3 is 1.78 bits per heavy atom.